The molecule has 0 aromatic heterocycles. The Bertz CT molecular complexity index is 543. The molecule has 0 fully saturated rings. The van der Waals surface area contributed by atoms with E-state index in [2.05, 4.69) is 12.1 Å². The normalized spacial score (nSPS) is 12.1. The van der Waals surface area contributed by atoms with Gasteiger partial charge in [0.1, 0.15) is 0 Å². The number of hydrogen-bond acceptors (Lipinski definition) is 2. The average Bonchev–Trinajstić information content (AvgIpc) is 2.48. The summed E-state index contributed by atoms with van der Waals surface area (Å²) in [5, 5.41) is 0. The lowest BCUT2D eigenvalue weighted by molar-refractivity contribution is 0.0979. The second-order valence-electron chi connectivity index (χ2n) is 5.24. The van der Waals surface area contributed by atoms with Crippen LogP contribution in [0.3, 0.4) is 0 Å². The fourth-order valence-corrected chi connectivity index (χ4v) is 2.21. The fourth-order valence-electron chi connectivity index (χ4n) is 2.21. The molecule has 1 unspecified atom stereocenters. The Hall–Kier alpha value is -1.93. The Labute approximate surface area is 120 Å². The van der Waals surface area contributed by atoms with Gasteiger partial charge in [0.15, 0.2) is 5.78 Å². The van der Waals surface area contributed by atoms with Gasteiger partial charge in [0.2, 0.25) is 0 Å². The van der Waals surface area contributed by atoms with Gasteiger partial charge in [-0.25, -0.2) is 0 Å². The van der Waals surface area contributed by atoms with Gasteiger partial charge < -0.3 is 5.73 Å². The molecule has 104 valence electrons. The minimum Gasteiger partial charge on any atom is -0.328 e. The molecule has 1 atom stereocenters. The summed E-state index contributed by atoms with van der Waals surface area (Å²) >= 11 is 0. The van der Waals surface area contributed by atoms with Crippen LogP contribution < -0.4 is 5.73 Å². The average molecular weight is 267 g/mol. The van der Waals surface area contributed by atoms with E-state index in [-0.39, 0.29) is 11.8 Å². The van der Waals surface area contributed by atoms with Crippen molar-refractivity contribution < 1.29 is 4.79 Å². The molecule has 2 aromatic rings. The van der Waals surface area contributed by atoms with Crippen molar-refractivity contribution in [2.75, 3.05) is 0 Å². The highest BCUT2D eigenvalue weighted by Gasteiger charge is 2.06. The van der Waals surface area contributed by atoms with Crippen LogP contribution >= 0.6 is 0 Å². The molecule has 0 amide bonds. The lowest BCUT2D eigenvalue weighted by atomic mass is 10.00. The first-order valence-electron chi connectivity index (χ1n) is 7.11. The van der Waals surface area contributed by atoms with Crippen molar-refractivity contribution in [1.82, 2.24) is 0 Å². The topological polar surface area (TPSA) is 43.1 Å². The van der Waals surface area contributed by atoms with Crippen molar-refractivity contribution in [3.8, 4) is 11.1 Å². The van der Waals surface area contributed by atoms with Gasteiger partial charge in [-0.05, 0) is 30.9 Å². The lowest BCUT2D eigenvalue weighted by Crippen LogP contribution is -2.14. The Kier molecular flexibility index (Phi) is 5.08. The van der Waals surface area contributed by atoms with Crippen molar-refractivity contribution >= 4 is 5.78 Å². The molecular weight excluding hydrogens is 246 g/mol. The summed E-state index contributed by atoms with van der Waals surface area (Å²) in [6, 6.07) is 18.2. The molecule has 0 aliphatic heterocycles. The van der Waals surface area contributed by atoms with Crippen LogP contribution in [0.25, 0.3) is 11.1 Å². The molecule has 2 nitrogen and oxygen atoms in total. The molecule has 0 radical (unpaired) electrons. The summed E-state index contributed by atoms with van der Waals surface area (Å²) in [5.41, 5.74) is 8.78. The highest BCUT2D eigenvalue weighted by molar-refractivity contribution is 5.96. The zero-order valence-electron chi connectivity index (χ0n) is 11.9. The van der Waals surface area contributed by atoms with Gasteiger partial charge in [-0.2, -0.15) is 0 Å². The largest absolute Gasteiger partial charge is 0.328 e. The molecule has 0 saturated heterocycles. The second kappa shape index (κ2) is 7.01. The summed E-state index contributed by atoms with van der Waals surface area (Å²) in [4.78, 5) is 12.0. The maximum Gasteiger partial charge on any atom is 0.162 e. The first-order chi connectivity index (χ1) is 9.66. The molecule has 0 saturated carbocycles. The predicted molar refractivity (Wildman–Crippen MR) is 83.7 cm³/mol. The molecule has 0 aliphatic carbocycles. The highest BCUT2D eigenvalue weighted by Crippen LogP contribution is 2.20. The highest BCUT2D eigenvalue weighted by atomic mass is 16.1. The van der Waals surface area contributed by atoms with Gasteiger partial charge in [0, 0.05) is 18.0 Å². The summed E-state index contributed by atoms with van der Waals surface area (Å²) in [7, 11) is 0. The summed E-state index contributed by atoms with van der Waals surface area (Å²) in [6.07, 6.45) is 2.33. The first kappa shape index (κ1) is 14.5. The third-order valence-corrected chi connectivity index (χ3v) is 3.38. The number of nitrogens with two attached hydrogens (primary N) is 1. The first-order valence-corrected chi connectivity index (χ1v) is 7.11. The van der Waals surface area contributed by atoms with E-state index in [0.717, 1.165) is 24.0 Å². The van der Waals surface area contributed by atoms with Crippen LogP contribution in [0.2, 0.25) is 0 Å². The smallest absolute Gasteiger partial charge is 0.162 e. The molecule has 20 heavy (non-hydrogen) atoms. The van der Waals surface area contributed by atoms with E-state index in [9.17, 15) is 4.79 Å². The van der Waals surface area contributed by atoms with Crippen LogP contribution in [-0.2, 0) is 0 Å². The SMILES string of the molecule is CC(N)CCCC(=O)c1ccc(-c2ccccc2)cc1. The number of carbonyl (C=O) groups excluding carboxylic acids is 1. The molecule has 0 aliphatic rings. The van der Waals surface area contributed by atoms with Crippen LogP contribution in [0.1, 0.15) is 36.5 Å². The van der Waals surface area contributed by atoms with Crippen LogP contribution in [-0.4, -0.2) is 11.8 Å². The maximum atomic E-state index is 12.0. The quantitative estimate of drug-likeness (QED) is 0.802. The summed E-state index contributed by atoms with van der Waals surface area (Å²) < 4.78 is 0. The Balaban J connectivity index is 1.99. The van der Waals surface area contributed by atoms with Gasteiger partial charge in [-0.1, -0.05) is 54.6 Å². The van der Waals surface area contributed by atoms with Crippen molar-refractivity contribution in [2.24, 2.45) is 5.73 Å². The maximum absolute atomic E-state index is 12.0. The molecule has 2 N–H and O–H groups in total. The van der Waals surface area contributed by atoms with E-state index >= 15 is 0 Å². The van der Waals surface area contributed by atoms with Crippen molar-refractivity contribution in [3.05, 3.63) is 60.2 Å². The Morgan fingerprint density at radius 2 is 1.60 bits per heavy atom. The van der Waals surface area contributed by atoms with Crippen LogP contribution in [0.4, 0.5) is 0 Å². The zero-order chi connectivity index (χ0) is 14.4. The Morgan fingerprint density at radius 3 is 2.20 bits per heavy atom. The number of hydrogen-bond donors (Lipinski definition) is 1. The van der Waals surface area contributed by atoms with Crippen molar-refractivity contribution in [1.29, 1.82) is 0 Å². The predicted octanol–water partition coefficient (Wildman–Crippen LogP) is 4.05. The molecular formula is C18H21NO. The number of ketones is 1. The number of carbonyl (C=O) groups is 1. The second-order valence-corrected chi connectivity index (χ2v) is 5.24. The van der Waals surface area contributed by atoms with Gasteiger partial charge in [0.25, 0.3) is 0 Å². The lowest BCUT2D eigenvalue weighted by Gasteiger charge is -2.06. The molecule has 0 spiro atoms. The fraction of sp³-hybridized carbons (Fsp3) is 0.278. The van der Waals surface area contributed by atoms with E-state index in [1.807, 2.05) is 49.4 Å². The minimum absolute atomic E-state index is 0.170. The standard InChI is InChI=1S/C18H21NO/c1-14(19)6-5-9-18(20)17-12-10-16(11-13-17)15-7-3-2-4-8-15/h2-4,7-8,10-14H,5-6,9,19H2,1H3. The van der Waals surface area contributed by atoms with Gasteiger partial charge in [-0.3, -0.25) is 4.79 Å². The zero-order valence-corrected chi connectivity index (χ0v) is 11.9. The van der Waals surface area contributed by atoms with E-state index in [0.29, 0.717) is 6.42 Å². The van der Waals surface area contributed by atoms with Crippen LogP contribution in [0, 0.1) is 0 Å². The molecule has 0 heterocycles. The molecule has 0 bridgehead atoms. The minimum atomic E-state index is 0.170. The summed E-state index contributed by atoms with van der Waals surface area (Å²) in [6.45, 7) is 1.97. The van der Waals surface area contributed by atoms with E-state index in [1.165, 1.54) is 5.56 Å². The third-order valence-electron chi connectivity index (χ3n) is 3.38. The van der Waals surface area contributed by atoms with Gasteiger partial charge >= 0.3 is 0 Å². The summed E-state index contributed by atoms with van der Waals surface area (Å²) in [5.74, 6) is 0.199. The molecule has 2 heteroatoms. The molecule has 2 aromatic carbocycles. The van der Waals surface area contributed by atoms with Crippen molar-refractivity contribution in [3.63, 3.8) is 0 Å². The van der Waals surface area contributed by atoms with Crippen molar-refractivity contribution in [2.45, 2.75) is 32.2 Å². The van der Waals surface area contributed by atoms with Gasteiger partial charge in [-0.15, -0.1) is 0 Å². The van der Waals surface area contributed by atoms with Crippen LogP contribution in [0.5, 0.6) is 0 Å². The van der Waals surface area contributed by atoms with E-state index in [1.54, 1.807) is 0 Å². The Morgan fingerprint density at radius 1 is 1.00 bits per heavy atom. The van der Waals surface area contributed by atoms with E-state index in [4.69, 9.17) is 5.73 Å². The number of rotatable bonds is 6. The van der Waals surface area contributed by atoms with Gasteiger partial charge in [0.05, 0.1) is 0 Å². The van der Waals surface area contributed by atoms with Crippen LogP contribution in [0.15, 0.2) is 54.6 Å². The monoisotopic (exact) mass is 267 g/mol. The number of benzene rings is 2. The third kappa shape index (κ3) is 4.04. The number of Topliss-reactive ketones (excluding diaryl/α,β-unsaturated/α-hetero) is 1. The molecule has 2 rings (SSSR count). The van der Waals surface area contributed by atoms with E-state index < -0.39 is 0 Å².